The van der Waals surface area contributed by atoms with E-state index in [0.29, 0.717) is 0 Å². The number of para-hydroxylation sites is 2. The zero-order valence-corrected chi connectivity index (χ0v) is 9.74. The molecule has 0 fully saturated rings. The van der Waals surface area contributed by atoms with E-state index in [2.05, 4.69) is 9.97 Å². The van der Waals surface area contributed by atoms with Gasteiger partial charge in [0.25, 0.3) is 0 Å². The third kappa shape index (κ3) is 1.96. The van der Waals surface area contributed by atoms with Gasteiger partial charge in [-0.15, -0.1) is 0 Å². The third-order valence-electron chi connectivity index (χ3n) is 2.85. The van der Waals surface area contributed by atoms with E-state index in [9.17, 15) is 0 Å². The van der Waals surface area contributed by atoms with Crippen LogP contribution in [0.3, 0.4) is 0 Å². The average molecular weight is 236 g/mol. The van der Waals surface area contributed by atoms with Crippen molar-refractivity contribution in [1.29, 1.82) is 0 Å². The molecule has 1 N–H and O–H groups in total. The van der Waals surface area contributed by atoms with Gasteiger partial charge in [-0.2, -0.15) is 0 Å². The molecular formula is C15H12N2O. The molecule has 0 unspecified atom stereocenters. The van der Waals surface area contributed by atoms with E-state index < -0.39 is 0 Å². The van der Waals surface area contributed by atoms with Crippen LogP contribution in [0.4, 0.5) is 0 Å². The number of hydrogen-bond donors (Lipinski definition) is 1. The Bertz CT molecular complexity index is 695. The highest BCUT2D eigenvalue weighted by Crippen LogP contribution is 2.20. The third-order valence-corrected chi connectivity index (χ3v) is 2.85. The molecular weight excluding hydrogens is 224 g/mol. The van der Waals surface area contributed by atoms with Gasteiger partial charge < -0.3 is 5.11 Å². The van der Waals surface area contributed by atoms with Crippen LogP contribution >= 0.6 is 0 Å². The topological polar surface area (TPSA) is 46.0 Å². The van der Waals surface area contributed by atoms with Gasteiger partial charge in [0.15, 0.2) is 0 Å². The van der Waals surface area contributed by atoms with Crippen LogP contribution in [0, 0.1) is 0 Å². The van der Waals surface area contributed by atoms with Crippen LogP contribution < -0.4 is 0 Å². The quantitative estimate of drug-likeness (QED) is 0.744. The van der Waals surface area contributed by atoms with Crippen LogP contribution in [0.5, 0.6) is 0 Å². The molecule has 0 saturated heterocycles. The minimum Gasteiger partial charge on any atom is -0.392 e. The SMILES string of the molecule is OCc1cccc(-c2cnc3ccccc3n2)c1. The monoisotopic (exact) mass is 236 g/mol. The highest BCUT2D eigenvalue weighted by molar-refractivity contribution is 5.76. The summed E-state index contributed by atoms with van der Waals surface area (Å²) in [5.41, 5.74) is 4.44. The van der Waals surface area contributed by atoms with Crippen molar-refractivity contribution in [3.63, 3.8) is 0 Å². The second-order valence-corrected chi connectivity index (χ2v) is 4.10. The van der Waals surface area contributed by atoms with Crippen LogP contribution in [0.1, 0.15) is 5.56 Å². The van der Waals surface area contributed by atoms with Gasteiger partial charge in [0.05, 0.1) is 29.5 Å². The summed E-state index contributed by atoms with van der Waals surface area (Å²) in [4.78, 5) is 8.96. The lowest BCUT2D eigenvalue weighted by molar-refractivity contribution is 0.282. The van der Waals surface area contributed by atoms with Crippen LogP contribution in [-0.4, -0.2) is 15.1 Å². The zero-order chi connectivity index (χ0) is 12.4. The van der Waals surface area contributed by atoms with Gasteiger partial charge in [0, 0.05) is 5.56 Å². The minimum atomic E-state index is 0.0366. The number of hydrogen-bond acceptors (Lipinski definition) is 3. The summed E-state index contributed by atoms with van der Waals surface area (Å²) >= 11 is 0. The molecule has 0 atom stereocenters. The summed E-state index contributed by atoms with van der Waals surface area (Å²) in [6, 6.07) is 15.5. The predicted octanol–water partition coefficient (Wildman–Crippen LogP) is 2.79. The van der Waals surface area contributed by atoms with Gasteiger partial charge in [-0.1, -0.05) is 30.3 Å². The molecule has 0 spiro atoms. The van der Waals surface area contributed by atoms with E-state index in [1.807, 2.05) is 48.5 Å². The number of nitrogens with zero attached hydrogens (tertiary/aromatic N) is 2. The van der Waals surface area contributed by atoms with Crippen LogP contribution in [0.25, 0.3) is 22.3 Å². The van der Waals surface area contributed by atoms with E-state index in [0.717, 1.165) is 27.9 Å². The Hall–Kier alpha value is -2.26. The molecule has 0 saturated carbocycles. The summed E-state index contributed by atoms with van der Waals surface area (Å²) in [6.07, 6.45) is 1.76. The minimum absolute atomic E-state index is 0.0366. The van der Waals surface area contributed by atoms with Crippen molar-refractivity contribution in [1.82, 2.24) is 9.97 Å². The maximum Gasteiger partial charge on any atom is 0.0894 e. The van der Waals surface area contributed by atoms with E-state index in [1.165, 1.54) is 0 Å². The average Bonchev–Trinajstić information content (AvgIpc) is 2.47. The second-order valence-electron chi connectivity index (χ2n) is 4.10. The fraction of sp³-hybridized carbons (Fsp3) is 0.0667. The molecule has 3 rings (SSSR count). The second kappa shape index (κ2) is 4.55. The molecule has 0 bridgehead atoms. The molecule has 3 heteroatoms. The fourth-order valence-electron chi connectivity index (χ4n) is 1.93. The first kappa shape index (κ1) is 10.9. The summed E-state index contributed by atoms with van der Waals surface area (Å²) < 4.78 is 0. The molecule has 3 nitrogen and oxygen atoms in total. The molecule has 2 aromatic carbocycles. The first-order chi connectivity index (χ1) is 8.86. The Morgan fingerprint density at radius 2 is 1.78 bits per heavy atom. The molecule has 0 aliphatic carbocycles. The van der Waals surface area contributed by atoms with Gasteiger partial charge >= 0.3 is 0 Å². The lowest BCUT2D eigenvalue weighted by Gasteiger charge is -2.04. The molecule has 0 radical (unpaired) electrons. The van der Waals surface area contributed by atoms with Gasteiger partial charge in [-0.05, 0) is 23.8 Å². The van der Waals surface area contributed by atoms with Gasteiger partial charge in [0.2, 0.25) is 0 Å². The number of fused-ring (bicyclic) bond motifs is 1. The van der Waals surface area contributed by atoms with E-state index in [4.69, 9.17) is 5.11 Å². The van der Waals surface area contributed by atoms with Crippen molar-refractivity contribution in [2.24, 2.45) is 0 Å². The van der Waals surface area contributed by atoms with Crippen molar-refractivity contribution < 1.29 is 5.11 Å². The van der Waals surface area contributed by atoms with Crippen molar-refractivity contribution in [2.45, 2.75) is 6.61 Å². The normalized spacial score (nSPS) is 10.7. The van der Waals surface area contributed by atoms with Crippen molar-refractivity contribution >= 4 is 11.0 Å². The highest BCUT2D eigenvalue weighted by Gasteiger charge is 2.02. The van der Waals surface area contributed by atoms with E-state index in [-0.39, 0.29) is 6.61 Å². The molecule has 3 aromatic rings. The Morgan fingerprint density at radius 1 is 0.944 bits per heavy atom. The summed E-state index contributed by atoms with van der Waals surface area (Å²) in [7, 11) is 0. The Kier molecular flexibility index (Phi) is 2.74. The van der Waals surface area contributed by atoms with Crippen molar-refractivity contribution in [3.8, 4) is 11.3 Å². The largest absolute Gasteiger partial charge is 0.392 e. The van der Waals surface area contributed by atoms with Crippen LogP contribution in [0.15, 0.2) is 54.7 Å². The summed E-state index contributed by atoms with van der Waals surface area (Å²) in [5.74, 6) is 0. The standard InChI is InChI=1S/C15H12N2O/c18-10-11-4-3-5-12(8-11)15-9-16-13-6-1-2-7-14(13)17-15/h1-9,18H,10H2. The number of aliphatic hydroxyl groups excluding tert-OH is 1. The first-order valence-electron chi connectivity index (χ1n) is 5.79. The molecule has 0 amide bonds. The molecule has 18 heavy (non-hydrogen) atoms. The summed E-state index contributed by atoms with van der Waals surface area (Å²) in [6.45, 7) is 0.0366. The van der Waals surface area contributed by atoms with Gasteiger partial charge in [0.1, 0.15) is 0 Å². The van der Waals surface area contributed by atoms with E-state index in [1.54, 1.807) is 6.20 Å². The number of rotatable bonds is 2. The zero-order valence-electron chi connectivity index (χ0n) is 9.74. The molecule has 0 aliphatic rings. The number of aliphatic hydroxyl groups is 1. The van der Waals surface area contributed by atoms with Crippen molar-refractivity contribution in [2.75, 3.05) is 0 Å². The Balaban J connectivity index is 2.13. The Labute approximate surface area is 105 Å². The van der Waals surface area contributed by atoms with Crippen LogP contribution in [0.2, 0.25) is 0 Å². The molecule has 1 aromatic heterocycles. The fourth-order valence-corrected chi connectivity index (χ4v) is 1.93. The molecule has 88 valence electrons. The number of benzene rings is 2. The van der Waals surface area contributed by atoms with Crippen molar-refractivity contribution in [3.05, 3.63) is 60.3 Å². The first-order valence-corrected chi connectivity index (χ1v) is 5.79. The molecule has 1 heterocycles. The van der Waals surface area contributed by atoms with E-state index >= 15 is 0 Å². The van der Waals surface area contributed by atoms with Crippen LogP contribution in [-0.2, 0) is 6.61 Å². The highest BCUT2D eigenvalue weighted by atomic mass is 16.3. The lowest BCUT2D eigenvalue weighted by atomic mass is 10.1. The van der Waals surface area contributed by atoms with Gasteiger partial charge in [-0.3, -0.25) is 4.98 Å². The number of aromatic nitrogens is 2. The molecule has 0 aliphatic heterocycles. The maximum atomic E-state index is 9.14. The maximum absolute atomic E-state index is 9.14. The Morgan fingerprint density at radius 3 is 2.61 bits per heavy atom. The lowest BCUT2D eigenvalue weighted by Crippen LogP contribution is -1.90. The predicted molar refractivity (Wildman–Crippen MR) is 70.9 cm³/mol. The smallest absolute Gasteiger partial charge is 0.0894 e. The summed E-state index contributed by atoms with van der Waals surface area (Å²) in [5, 5.41) is 9.14. The van der Waals surface area contributed by atoms with Gasteiger partial charge in [-0.25, -0.2) is 4.98 Å².